The van der Waals surface area contributed by atoms with Gasteiger partial charge in [0.15, 0.2) is 0 Å². The van der Waals surface area contributed by atoms with E-state index in [9.17, 15) is 13.2 Å². The molecule has 0 amide bonds. The summed E-state index contributed by atoms with van der Waals surface area (Å²) in [6.07, 6.45) is 0. The van der Waals surface area contributed by atoms with Gasteiger partial charge in [-0.25, -0.2) is 0 Å². The Labute approximate surface area is 83.4 Å². The highest BCUT2D eigenvalue weighted by Crippen LogP contribution is 2.01. The summed E-state index contributed by atoms with van der Waals surface area (Å²) in [7, 11) is -3.50. The van der Waals surface area contributed by atoms with Crippen LogP contribution in [0.25, 0.3) is 0 Å². The Morgan fingerprint density at radius 2 is 2.00 bits per heavy atom. The molecule has 1 fully saturated rings. The van der Waals surface area contributed by atoms with Gasteiger partial charge in [0.1, 0.15) is 5.78 Å². The lowest BCUT2D eigenvalue weighted by Gasteiger charge is -2.25. The van der Waals surface area contributed by atoms with E-state index in [2.05, 4.69) is 4.72 Å². The Morgan fingerprint density at radius 3 is 2.50 bits per heavy atom. The van der Waals surface area contributed by atoms with Gasteiger partial charge in [-0.05, 0) is 6.92 Å². The zero-order chi connectivity index (χ0) is 10.6. The van der Waals surface area contributed by atoms with Crippen LogP contribution in [-0.4, -0.2) is 51.4 Å². The minimum Gasteiger partial charge on any atom is -0.379 e. The van der Waals surface area contributed by atoms with Gasteiger partial charge in [0.25, 0.3) is 10.2 Å². The van der Waals surface area contributed by atoms with Gasteiger partial charge in [0.05, 0.1) is 19.8 Å². The fraction of sp³-hybridized carbons (Fsp3) is 0.857. The van der Waals surface area contributed by atoms with Gasteiger partial charge in [-0.15, -0.1) is 0 Å². The van der Waals surface area contributed by atoms with Crippen molar-refractivity contribution < 1.29 is 17.9 Å². The van der Waals surface area contributed by atoms with Crippen LogP contribution in [-0.2, 0) is 19.7 Å². The number of ether oxygens (including phenoxy) is 1. The zero-order valence-electron chi connectivity index (χ0n) is 8.02. The summed E-state index contributed by atoms with van der Waals surface area (Å²) in [5.74, 6) is -0.207. The maximum absolute atomic E-state index is 11.5. The predicted octanol–water partition coefficient (Wildman–Crippen LogP) is -1.26. The summed E-state index contributed by atoms with van der Waals surface area (Å²) >= 11 is 0. The molecule has 0 aromatic rings. The first kappa shape index (κ1) is 11.6. The van der Waals surface area contributed by atoms with Crippen molar-refractivity contribution in [3.63, 3.8) is 0 Å². The summed E-state index contributed by atoms with van der Waals surface area (Å²) in [6, 6.07) is 0. The minimum absolute atomic E-state index is 0.153. The molecule has 0 aliphatic carbocycles. The van der Waals surface area contributed by atoms with E-state index in [-0.39, 0.29) is 12.3 Å². The number of nitrogens with one attached hydrogen (secondary N) is 1. The third-order valence-electron chi connectivity index (χ3n) is 1.81. The molecule has 1 saturated heterocycles. The average Bonchev–Trinajstić information content (AvgIpc) is 2.16. The smallest absolute Gasteiger partial charge is 0.280 e. The summed E-state index contributed by atoms with van der Waals surface area (Å²) < 4.78 is 31.5. The zero-order valence-corrected chi connectivity index (χ0v) is 8.84. The first-order chi connectivity index (χ1) is 6.52. The fourth-order valence-corrected chi connectivity index (χ4v) is 2.27. The van der Waals surface area contributed by atoms with E-state index in [4.69, 9.17) is 4.74 Å². The first-order valence-corrected chi connectivity index (χ1v) is 5.78. The second-order valence-corrected chi connectivity index (χ2v) is 4.79. The van der Waals surface area contributed by atoms with Crippen molar-refractivity contribution in [3.05, 3.63) is 0 Å². The van der Waals surface area contributed by atoms with Crippen LogP contribution in [0.4, 0.5) is 0 Å². The van der Waals surface area contributed by atoms with Gasteiger partial charge >= 0.3 is 0 Å². The molecule has 1 rings (SSSR count). The van der Waals surface area contributed by atoms with Gasteiger partial charge in [-0.2, -0.15) is 17.4 Å². The number of hydrogen-bond donors (Lipinski definition) is 1. The van der Waals surface area contributed by atoms with E-state index in [1.54, 1.807) is 0 Å². The lowest BCUT2D eigenvalue weighted by molar-refractivity contribution is -0.115. The monoisotopic (exact) mass is 222 g/mol. The van der Waals surface area contributed by atoms with Crippen LogP contribution in [0.5, 0.6) is 0 Å². The Kier molecular flexibility index (Phi) is 3.99. The third-order valence-corrected chi connectivity index (χ3v) is 3.37. The van der Waals surface area contributed by atoms with Crippen molar-refractivity contribution in [1.29, 1.82) is 0 Å². The molecule has 0 bridgehead atoms. The van der Waals surface area contributed by atoms with E-state index in [0.717, 1.165) is 0 Å². The van der Waals surface area contributed by atoms with Crippen LogP contribution < -0.4 is 4.72 Å². The van der Waals surface area contributed by atoms with Crippen LogP contribution in [0.2, 0.25) is 0 Å². The maximum Gasteiger partial charge on any atom is 0.280 e. The molecule has 1 aliphatic rings. The number of nitrogens with zero attached hydrogens (tertiary/aromatic N) is 1. The average molecular weight is 222 g/mol. The summed E-state index contributed by atoms with van der Waals surface area (Å²) in [5.41, 5.74) is 0. The SMILES string of the molecule is CC(=O)CNS(=O)(=O)N1CCOCC1. The summed E-state index contributed by atoms with van der Waals surface area (Å²) in [5, 5.41) is 0. The number of ketones is 1. The second-order valence-electron chi connectivity index (χ2n) is 3.04. The molecule has 0 spiro atoms. The summed E-state index contributed by atoms with van der Waals surface area (Å²) in [4.78, 5) is 10.6. The van der Waals surface area contributed by atoms with E-state index in [1.807, 2.05) is 0 Å². The molecule has 0 aromatic heterocycles. The van der Waals surface area contributed by atoms with Gasteiger partial charge in [0, 0.05) is 13.1 Å². The molecule has 82 valence electrons. The van der Waals surface area contributed by atoms with Crippen molar-refractivity contribution in [1.82, 2.24) is 9.03 Å². The molecular formula is C7H14N2O4S. The van der Waals surface area contributed by atoms with Crippen LogP contribution in [0.15, 0.2) is 0 Å². The summed E-state index contributed by atoms with van der Waals surface area (Å²) in [6.45, 7) is 2.67. The fourth-order valence-electron chi connectivity index (χ4n) is 1.07. The number of morpholine rings is 1. The van der Waals surface area contributed by atoms with Crippen molar-refractivity contribution in [2.75, 3.05) is 32.8 Å². The lowest BCUT2D eigenvalue weighted by atomic mass is 10.5. The Morgan fingerprint density at radius 1 is 1.43 bits per heavy atom. The Bertz CT molecular complexity index is 295. The maximum atomic E-state index is 11.5. The highest BCUT2D eigenvalue weighted by molar-refractivity contribution is 7.87. The highest BCUT2D eigenvalue weighted by Gasteiger charge is 2.23. The Hall–Kier alpha value is -0.500. The van der Waals surface area contributed by atoms with E-state index >= 15 is 0 Å². The minimum atomic E-state index is -3.50. The number of hydrogen-bond acceptors (Lipinski definition) is 4. The number of carbonyl (C=O) groups excluding carboxylic acids is 1. The molecule has 1 aliphatic heterocycles. The normalized spacial score (nSPS) is 19.5. The van der Waals surface area contributed by atoms with Crippen molar-refractivity contribution in [2.24, 2.45) is 0 Å². The van der Waals surface area contributed by atoms with Crippen LogP contribution in [0, 0.1) is 0 Å². The van der Waals surface area contributed by atoms with Gasteiger partial charge < -0.3 is 4.74 Å². The first-order valence-electron chi connectivity index (χ1n) is 4.34. The third kappa shape index (κ3) is 3.33. The molecule has 0 aromatic carbocycles. The van der Waals surface area contributed by atoms with Crippen molar-refractivity contribution in [3.8, 4) is 0 Å². The van der Waals surface area contributed by atoms with Crippen molar-refractivity contribution >= 4 is 16.0 Å². The van der Waals surface area contributed by atoms with Crippen LogP contribution in [0.3, 0.4) is 0 Å². The Balaban J connectivity index is 2.50. The molecular weight excluding hydrogens is 208 g/mol. The topological polar surface area (TPSA) is 75.7 Å². The van der Waals surface area contributed by atoms with Crippen LogP contribution >= 0.6 is 0 Å². The van der Waals surface area contributed by atoms with Gasteiger partial charge in [-0.3, -0.25) is 4.79 Å². The molecule has 1 N–H and O–H groups in total. The molecule has 0 atom stereocenters. The molecule has 1 heterocycles. The molecule has 0 saturated carbocycles. The molecule has 0 unspecified atom stereocenters. The molecule has 6 nitrogen and oxygen atoms in total. The quantitative estimate of drug-likeness (QED) is 0.644. The second kappa shape index (κ2) is 4.83. The highest BCUT2D eigenvalue weighted by atomic mass is 32.2. The van der Waals surface area contributed by atoms with Gasteiger partial charge in [0.2, 0.25) is 0 Å². The van der Waals surface area contributed by atoms with Crippen molar-refractivity contribution in [2.45, 2.75) is 6.92 Å². The number of rotatable bonds is 4. The largest absolute Gasteiger partial charge is 0.379 e. The van der Waals surface area contributed by atoms with E-state index in [1.165, 1.54) is 11.2 Å². The molecule has 7 heteroatoms. The molecule has 0 radical (unpaired) electrons. The van der Waals surface area contributed by atoms with E-state index in [0.29, 0.717) is 26.3 Å². The number of carbonyl (C=O) groups is 1. The van der Waals surface area contributed by atoms with Crippen LogP contribution in [0.1, 0.15) is 6.92 Å². The number of Topliss-reactive ketones (excluding diaryl/α,β-unsaturated/α-hetero) is 1. The lowest BCUT2D eigenvalue weighted by Crippen LogP contribution is -2.47. The molecule has 14 heavy (non-hydrogen) atoms. The van der Waals surface area contributed by atoms with Gasteiger partial charge in [-0.1, -0.05) is 0 Å². The predicted molar refractivity (Wildman–Crippen MR) is 50.0 cm³/mol. The standard InChI is InChI=1S/C7H14N2O4S/c1-7(10)6-8-14(11,12)9-2-4-13-5-3-9/h8H,2-6H2,1H3. The van der Waals surface area contributed by atoms with E-state index < -0.39 is 10.2 Å².